The van der Waals surface area contributed by atoms with Crippen LogP contribution in [-0.4, -0.2) is 40.3 Å². The van der Waals surface area contributed by atoms with Crippen LogP contribution in [0.1, 0.15) is 76.1 Å². The van der Waals surface area contributed by atoms with Gasteiger partial charge in [-0.2, -0.15) is 10.2 Å². The molecule has 0 radical (unpaired) electrons. The Labute approximate surface area is 224 Å². The molecule has 2 aromatic carbocycles. The summed E-state index contributed by atoms with van der Waals surface area (Å²) in [5.74, 6) is 1.38. The molecular formula is C30H35N5O3. The number of rotatable bonds is 6. The third kappa shape index (κ3) is 5.10. The number of nitrogens with one attached hydrogen (secondary N) is 1. The highest BCUT2D eigenvalue weighted by Crippen LogP contribution is 2.38. The van der Waals surface area contributed by atoms with Gasteiger partial charge < -0.3 is 19.5 Å². The molecule has 0 spiro atoms. The first-order valence-corrected chi connectivity index (χ1v) is 13.5. The lowest BCUT2D eigenvalue weighted by Gasteiger charge is -2.39. The van der Waals surface area contributed by atoms with Crippen LogP contribution in [0.5, 0.6) is 5.75 Å². The molecule has 198 valence electrons. The monoisotopic (exact) mass is 513 g/mol. The quantitative estimate of drug-likeness (QED) is 0.416. The van der Waals surface area contributed by atoms with Crippen molar-refractivity contribution in [3.05, 3.63) is 53.1 Å². The number of hydrogen-bond acceptors (Lipinski definition) is 6. The third-order valence-corrected chi connectivity index (χ3v) is 8.06. The van der Waals surface area contributed by atoms with Crippen molar-refractivity contribution in [3.63, 3.8) is 0 Å². The van der Waals surface area contributed by atoms with E-state index in [1.54, 1.807) is 12.1 Å². The minimum Gasteiger partial charge on any atom is -0.490 e. The fourth-order valence-corrected chi connectivity index (χ4v) is 5.41. The second kappa shape index (κ2) is 10.5. The zero-order valence-corrected chi connectivity index (χ0v) is 22.6. The highest BCUT2D eigenvalue weighted by atomic mass is 16.5. The Morgan fingerprint density at radius 2 is 2.08 bits per heavy atom. The van der Waals surface area contributed by atoms with Gasteiger partial charge in [-0.05, 0) is 74.3 Å². The molecule has 8 heteroatoms. The van der Waals surface area contributed by atoms with E-state index in [1.165, 1.54) is 0 Å². The van der Waals surface area contributed by atoms with Gasteiger partial charge in [0.05, 0.1) is 17.7 Å². The molecule has 0 bridgehead atoms. The number of carbonyl (C=O) groups excluding carboxylic acids is 1. The molecule has 1 N–H and O–H groups in total. The number of likely N-dealkylation sites (tertiary alicyclic amines) is 1. The Bertz CT molecular complexity index is 1360. The van der Waals surface area contributed by atoms with Crippen molar-refractivity contribution in [1.29, 1.82) is 5.26 Å². The van der Waals surface area contributed by atoms with Crippen molar-refractivity contribution in [1.82, 2.24) is 20.4 Å². The first-order chi connectivity index (χ1) is 18.3. The lowest BCUT2D eigenvalue weighted by molar-refractivity contribution is 0.124. The molecule has 3 aromatic rings. The van der Waals surface area contributed by atoms with E-state index in [1.807, 2.05) is 36.9 Å². The number of nitrogens with zero attached hydrogens (tertiary/aromatic N) is 4. The zero-order chi connectivity index (χ0) is 26.9. The number of carbonyl (C=O) groups is 1. The van der Waals surface area contributed by atoms with Crippen LogP contribution < -0.4 is 10.1 Å². The van der Waals surface area contributed by atoms with Crippen molar-refractivity contribution >= 4 is 6.03 Å². The Hall–Kier alpha value is -3.86. The van der Waals surface area contributed by atoms with Crippen molar-refractivity contribution in [2.45, 2.75) is 71.9 Å². The number of fused-ring (bicyclic) bond motifs is 1. The molecule has 8 nitrogen and oxygen atoms in total. The molecule has 38 heavy (non-hydrogen) atoms. The molecule has 5 rings (SSSR count). The van der Waals surface area contributed by atoms with Crippen LogP contribution >= 0.6 is 0 Å². The van der Waals surface area contributed by atoms with E-state index in [2.05, 4.69) is 41.4 Å². The summed E-state index contributed by atoms with van der Waals surface area (Å²) in [5.41, 5.74) is 4.58. The first kappa shape index (κ1) is 25.8. The number of urea groups is 1. The van der Waals surface area contributed by atoms with Crippen LogP contribution in [0.15, 0.2) is 40.9 Å². The SMILES string of the molecule is CCC1(C)CCN(C(=O)N[C@@H]2CCc3c(-c4noc(-c5ccc(OC(C)C)c(C#N)c5)n4)cccc32)CC1. The first-order valence-electron chi connectivity index (χ1n) is 13.5. The van der Waals surface area contributed by atoms with Gasteiger partial charge in [-0.25, -0.2) is 4.79 Å². The van der Waals surface area contributed by atoms with Crippen LogP contribution in [0, 0.1) is 16.7 Å². The maximum Gasteiger partial charge on any atom is 0.317 e. The van der Waals surface area contributed by atoms with Gasteiger partial charge in [0, 0.05) is 24.2 Å². The Kier molecular flexibility index (Phi) is 7.11. The molecule has 2 aliphatic rings. The van der Waals surface area contributed by atoms with Crippen LogP contribution in [0.3, 0.4) is 0 Å². The summed E-state index contributed by atoms with van der Waals surface area (Å²) in [7, 11) is 0. The number of amides is 2. The van der Waals surface area contributed by atoms with Crippen LogP contribution in [0.25, 0.3) is 22.8 Å². The largest absolute Gasteiger partial charge is 0.490 e. The van der Waals surface area contributed by atoms with Crippen molar-refractivity contribution in [3.8, 4) is 34.7 Å². The minimum atomic E-state index is -0.0338. The average Bonchev–Trinajstić information content (AvgIpc) is 3.57. The van der Waals surface area contributed by atoms with E-state index >= 15 is 0 Å². The number of aromatic nitrogens is 2. The van der Waals surface area contributed by atoms with Gasteiger partial charge in [0.2, 0.25) is 5.82 Å². The van der Waals surface area contributed by atoms with Gasteiger partial charge >= 0.3 is 6.03 Å². The van der Waals surface area contributed by atoms with Crippen LogP contribution in [0.4, 0.5) is 4.79 Å². The van der Waals surface area contributed by atoms with Gasteiger partial charge in [-0.3, -0.25) is 0 Å². The molecule has 1 atom stereocenters. The van der Waals surface area contributed by atoms with Crippen molar-refractivity contribution < 1.29 is 14.1 Å². The molecule has 1 aliphatic carbocycles. The molecule has 1 fully saturated rings. The standard InChI is InChI=1S/C30H35N5O3/c1-5-30(4)13-15-35(16-14-30)29(36)32-25-11-10-22-23(25)7-6-8-24(22)27-33-28(38-34-27)20-9-12-26(37-19(2)3)21(17-20)18-31/h6-9,12,17,19,25H,5,10-11,13-16H2,1-4H3,(H,32,36)/t25-/m1/s1. The number of piperidine rings is 1. The summed E-state index contributed by atoms with van der Waals surface area (Å²) < 4.78 is 11.3. The molecular weight excluding hydrogens is 478 g/mol. The molecule has 1 aliphatic heterocycles. The smallest absolute Gasteiger partial charge is 0.317 e. The van der Waals surface area contributed by atoms with Crippen molar-refractivity contribution in [2.24, 2.45) is 5.41 Å². The Morgan fingerprint density at radius 1 is 1.29 bits per heavy atom. The van der Waals surface area contributed by atoms with E-state index in [-0.39, 0.29) is 18.2 Å². The van der Waals surface area contributed by atoms with Crippen LogP contribution in [0.2, 0.25) is 0 Å². The summed E-state index contributed by atoms with van der Waals surface area (Å²) in [4.78, 5) is 19.7. The summed E-state index contributed by atoms with van der Waals surface area (Å²) in [6, 6.07) is 13.5. The highest BCUT2D eigenvalue weighted by molar-refractivity contribution is 5.76. The summed E-state index contributed by atoms with van der Waals surface area (Å²) in [6.45, 7) is 10.0. The molecule has 0 saturated carbocycles. The second-order valence-electron chi connectivity index (χ2n) is 11.0. The summed E-state index contributed by atoms with van der Waals surface area (Å²) in [5, 5.41) is 17.1. The van der Waals surface area contributed by atoms with E-state index in [9.17, 15) is 10.1 Å². The molecule has 0 unspecified atom stereocenters. The predicted octanol–water partition coefficient (Wildman–Crippen LogP) is 6.27. The van der Waals surface area contributed by atoms with Gasteiger partial charge in [0.1, 0.15) is 11.8 Å². The second-order valence-corrected chi connectivity index (χ2v) is 11.0. The minimum absolute atomic E-state index is 0.0199. The van der Waals surface area contributed by atoms with E-state index in [0.29, 0.717) is 34.0 Å². The number of ether oxygens (including phenoxy) is 1. The number of hydrogen-bond donors (Lipinski definition) is 1. The molecule has 1 saturated heterocycles. The van der Waals surface area contributed by atoms with E-state index < -0.39 is 0 Å². The molecule has 2 heterocycles. The van der Waals surface area contributed by atoms with Crippen LogP contribution in [-0.2, 0) is 6.42 Å². The normalized spacial score (nSPS) is 18.2. The number of nitriles is 1. The highest BCUT2D eigenvalue weighted by Gasteiger charge is 2.33. The van der Waals surface area contributed by atoms with Gasteiger partial charge in [0.25, 0.3) is 5.89 Å². The van der Waals surface area contributed by atoms with Gasteiger partial charge in [-0.1, -0.05) is 43.6 Å². The molecule has 2 amide bonds. The van der Waals surface area contributed by atoms with Crippen molar-refractivity contribution in [2.75, 3.05) is 13.1 Å². The lowest BCUT2D eigenvalue weighted by atomic mass is 9.78. The fourth-order valence-electron chi connectivity index (χ4n) is 5.41. The Balaban J connectivity index is 1.32. The maximum atomic E-state index is 13.1. The van der Waals surface area contributed by atoms with Gasteiger partial charge in [0.15, 0.2) is 0 Å². The third-order valence-electron chi connectivity index (χ3n) is 8.06. The van der Waals surface area contributed by atoms with E-state index in [0.717, 1.165) is 61.9 Å². The number of benzene rings is 2. The summed E-state index contributed by atoms with van der Waals surface area (Å²) in [6.07, 6.45) is 4.88. The summed E-state index contributed by atoms with van der Waals surface area (Å²) >= 11 is 0. The topological polar surface area (TPSA) is 104 Å². The maximum absolute atomic E-state index is 13.1. The van der Waals surface area contributed by atoms with E-state index in [4.69, 9.17) is 9.26 Å². The average molecular weight is 514 g/mol. The van der Waals surface area contributed by atoms with Gasteiger partial charge in [-0.15, -0.1) is 0 Å². The molecule has 1 aromatic heterocycles. The predicted molar refractivity (Wildman–Crippen MR) is 144 cm³/mol. The fraction of sp³-hybridized carbons (Fsp3) is 0.467. The lowest BCUT2D eigenvalue weighted by Crippen LogP contribution is -2.47. The zero-order valence-electron chi connectivity index (χ0n) is 22.6. The Morgan fingerprint density at radius 3 is 2.79 bits per heavy atom.